The van der Waals surface area contributed by atoms with Crippen LogP contribution in [-0.2, 0) is 6.54 Å². The fraction of sp³-hybridized carbons (Fsp3) is 0.0417. The highest BCUT2D eigenvalue weighted by Crippen LogP contribution is 2.19. The first-order chi connectivity index (χ1) is 14.1. The zero-order chi connectivity index (χ0) is 20.2. The molecule has 1 heterocycles. The van der Waals surface area contributed by atoms with E-state index in [9.17, 15) is 9.59 Å². The van der Waals surface area contributed by atoms with Crippen molar-refractivity contribution in [3.8, 4) is 5.75 Å². The lowest BCUT2D eigenvalue weighted by Gasteiger charge is -2.08. The number of Topliss-reactive ketones (excluding diaryl/α,β-unsaturated/α-hetero) is 1. The van der Waals surface area contributed by atoms with E-state index < -0.39 is 5.97 Å². The Morgan fingerprint density at radius 1 is 0.828 bits per heavy atom. The molecule has 0 N–H and O–H groups in total. The van der Waals surface area contributed by atoms with Crippen molar-refractivity contribution in [3.05, 3.63) is 107 Å². The van der Waals surface area contributed by atoms with Crippen molar-refractivity contribution in [3.63, 3.8) is 0 Å². The number of aromatic nitrogens is 1. The Morgan fingerprint density at radius 2 is 1.59 bits per heavy atom. The van der Waals surface area contributed by atoms with E-state index in [1.165, 1.54) is 0 Å². The SMILES string of the molecule is O=C(C[n+]1c(C(=O)Oc2cccc(Cl)c2)ccc2ccccc21)c1ccccc1. The number of halogens is 1. The molecule has 0 fully saturated rings. The normalized spacial score (nSPS) is 10.7. The number of rotatable bonds is 5. The largest absolute Gasteiger partial charge is 0.419 e. The van der Waals surface area contributed by atoms with Gasteiger partial charge in [-0.05, 0) is 30.3 Å². The summed E-state index contributed by atoms with van der Waals surface area (Å²) in [6, 6.07) is 26.8. The molecule has 0 aliphatic heterocycles. The lowest BCUT2D eigenvalue weighted by atomic mass is 10.1. The fourth-order valence-corrected chi connectivity index (χ4v) is 3.34. The molecule has 142 valence electrons. The minimum Gasteiger partial charge on any atom is -0.419 e. The van der Waals surface area contributed by atoms with Gasteiger partial charge in [0.25, 0.3) is 5.69 Å². The highest BCUT2D eigenvalue weighted by atomic mass is 35.5. The summed E-state index contributed by atoms with van der Waals surface area (Å²) >= 11 is 5.98. The molecule has 0 aliphatic carbocycles. The Hall–Kier alpha value is -3.50. The van der Waals surface area contributed by atoms with Crippen LogP contribution >= 0.6 is 11.6 Å². The number of ketones is 1. The summed E-state index contributed by atoms with van der Waals surface area (Å²) in [5.74, 6) is -0.306. The molecule has 0 amide bonds. The minimum absolute atomic E-state index is 0.0192. The van der Waals surface area contributed by atoms with E-state index in [0.717, 1.165) is 10.9 Å². The quantitative estimate of drug-likeness (QED) is 0.207. The summed E-state index contributed by atoms with van der Waals surface area (Å²) in [6.07, 6.45) is 0. The van der Waals surface area contributed by atoms with Crippen LogP contribution in [0.1, 0.15) is 20.8 Å². The van der Waals surface area contributed by atoms with Crippen molar-refractivity contribution in [2.24, 2.45) is 0 Å². The Balaban J connectivity index is 1.74. The van der Waals surface area contributed by atoms with E-state index in [1.54, 1.807) is 47.0 Å². The number of ether oxygens (including phenoxy) is 1. The molecule has 1 aromatic heterocycles. The first kappa shape index (κ1) is 18.8. The van der Waals surface area contributed by atoms with Crippen LogP contribution in [0.2, 0.25) is 5.02 Å². The van der Waals surface area contributed by atoms with Gasteiger partial charge in [0, 0.05) is 28.1 Å². The molecule has 4 aromatic rings. The standard InChI is InChI=1S/C24H17ClNO3/c25-19-10-6-11-20(15-19)29-24(28)22-14-13-17-7-4-5-12-21(17)26(22)16-23(27)18-8-2-1-3-9-18/h1-15H,16H2/q+1. The molecule has 0 atom stereocenters. The first-order valence-corrected chi connectivity index (χ1v) is 9.47. The Bertz CT molecular complexity index is 1210. The van der Waals surface area contributed by atoms with Crippen molar-refractivity contribution in [2.75, 3.05) is 0 Å². The number of nitrogens with zero attached hydrogens (tertiary/aromatic N) is 1. The maximum atomic E-state index is 12.9. The predicted octanol–water partition coefficient (Wildman–Crippen LogP) is 4.88. The smallest absolute Gasteiger partial charge is 0.409 e. The highest BCUT2D eigenvalue weighted by molar-refractivity contribution is 6.30. The summed E-state index contributed by atoms with van der Waals surface area (Å²) in [7, 11) is 0. The van der Waals surface area contributed by atoms with Crippen LogP contribution in [0.3, 0.4) is 0 Å². The number of hydrogen-bond donors (Lipinski definition) is 0. The number of benzene rings is 3. The number of pyridine rings is 1. The maximum Gasteiger partial charge on any atom is 0.409 e. The molecule has 0 unspecified atom stereocenters. The molecule has 4 rings (SSSR count). The van der Waals surface area contributed by atoms with Gasteiger partial charge in [0.15, 0.2) is 0 Å². The van der Waals surface area contributed by atoms with Crippen molar-refractivity contribution in [1.82, 2.24) is 0 Å². The summed E-state index contributed by atoms with van der Waals surface area (Å²) in [5.41, 5.74) is 1.65. The van der Waals surface area contributed by atoms with Gasteiger partial charge >= 0.3 is 5.97 Å². The van der Waals surface area contributed by atoms with Crippen LogP contribution in [-0.4, -0.2) is 11.8 Å². The van der Waals surface area contributed by atoms with E-state index >= 15 is 0 Å². The van der Waals surface area contributed by atoms with Crippen molar-refractivity contribution in [2.45, 2.75) is 6.54 Å². The molecule has 0 bridgehead atoms. The molecular formula is C24H17ClNO3+. The van der Waals surface area contributed by atoms with Gasteiger partial charge in [0.2, 0.25) is 17.8 Å². The van der Waals surface area contributed by atoms with E-state index in [-0.39, 0.29) is 18.0 Å². The third kappa shape index (κ3) is 4.18. The predicted molar refractivity (Wildman–Crippen MR) is 111 cm³/mol. The van der Waals surface area contributed by atoms with Crippen LogP contribution in [0.25, 0.3) is 10.9 Å². The minimum atomic E-state index is -0.557. The number of carbonyl (C=O) groups is 2. The number of carbonyl (C=O) groups excluding carboxylic acids is 2. The van der Waals surface area contributed by atoms with Gasteiger partial charge in [-0.1, -0.05) is 60.1 Å². The van der Waals surface area contributed by atoms with E-state index in [4.69, 9.17) is 16.3 Å². The summed E-state index contributed by atoms with van der Waals surface area (Å²) < 4.78 is 7.19. The second kappa shape index (κ2) is 8.25. The topological polar surface area (TPSA) is 47.2 Å². The highest BCUT2D eigenvalue weighted by Gasteiger charge is 2.26. The molecule has 0 saturated heterocycles. The number of esters is 1. The summed E-state index contributed by atoms with van der Waals surface area (Å²) in [5, 5.41) is 1.40. The zero-order valence-electron chi connectivity index (χ0n) is 15.4. The van der Waals surface area contributed by atoms with Crippen LogP contribution in [0, 0.1) is 0 Å². The van der Waals surface area contributed by atoms with Crippen LogP contribution < -0.4 is 9.30 Å². The molecule has 4 nitrogen and oxygen atoms in total. The second-order valence-electron chi connectivity index (χ2n) is 6.50. The van der Waals surface area contributed by atoms with Gasteiger partial charge in [0.05, 0.1) is 0 Å². The van der Waals surface area contributed by atoms with E-state index in [0.29, 0.717) is 16.3 Å². The number of para-hydroxylation sites is 1. The molecule has 29 heavy (non-hydrogen) atoms. The number of fused-ring (bicyclic) bond motifs is 1. The average molecular weight is 403 g/mol. The summed E-state index contributed by atoms with van der Waals surface area (Å²) in [4.78, 5) is 25.8. The number of hydrogen-bond acceptors (Lipinski definition) is 3. The lowest BCUT2D eigenvalue weighted by molar-refractivity contribution is -0.659. The van der Waals surface area contributed by atoms with Gasteiger partial charge in [-0.2, -0.15) is 4.57 Å². The lowest BCUT2D eigenvalue weighted by Crippen LogP contribution is -2.45. The van der Waals surface area contributed by atoms with Crippen LogP contribution in [0.4, 0.5) is 0 Å². The van der Waals surface area contributed by atoms with Crippen LogP contribution in [0.15, 0.2) is 91.0 Å². The second-order valence-corrected chi connectivity index (χ2v) is 6.94. The van der Waals surface area contributed by atoms with E-state index in [1.807, 2.05) is 48.5 Å². The molecule has 0 aliphatic rings. The molecule has 3 aromatic carbocycles. The van der Waals surface area contributed by atoms with Crippen molar-refractivity contribution in [1.29, 1.82) is 0 Å². The molecule has 0 spiro atoms. The molecule has 5 heteroatoms. The molecule has 0 radical (unpaired) electrons. The van der Waals surface area contributed by atoms with Gasteiger partial charge in [-0.15, -0.1) is 0 Å². The Morgan fingerprint density at radius 3 is 2.38 bits per heavy atom. The monoisotopic (exact) mass is 402 g/mol. The molecular weight excluding hydrogens is 386 g/mol. The van der Waals surface area contributed by atoms with Crippen LogP contribution in [0.5, 0.6) is 5.75 Å². The Kier molecular flexibility index (Phi) is 5.36. The Labute approximate surface area is 172 Å². The summed E-state index contributed by atoms with van der Waals surface area (Å²) in [6.45, 7) is 0.0192. The average Bonchev–Trinajstić information content (AvgIpc) is 2.74. The van der Waals surface area contributed by atoms with E-state index in [2.05, 4.69) is 0 Å². The van der Waals surface area contributed by atoms with Gasteiger partial charge in [-0.25, -0.2) is 4.79 Å². The fourth-order valence-electron chi connectivity index (χ4n) is 3.16. The maximum absolute atomic E-state index is 12.9. The van der Waals surface area contributed by atoms with Crippen molar-refractivity contribution >= 4 is 34.3 Å². The van der Waals surface area contributed by atoms with Gasteiger partial charge in [0.1, 0.15) is 5.75 Å². The molecule has 0 saturated carbocycles. The van der Waals surface area contributed by atoms with Gasteiger partial charge < -0.3 is 4.74 Å². The third-order valence-corrected chi connectivity index (χ3v) is 4.79. The van der Waals surface area contributed by atoms with Crippen molar-refractivity contribution < 1.29 is 18.9 Å². The van der Waals surface area contributed by atoms with Gasteiger partial charge in [-0.3, -0.25) is 4.79 Å². The first-order valence-electron chi connectivity index (χ1n) is 9.09. The third-order valence-electron chi connectivity index (χ3n) is 4.55. The zero-order valence-corrected chi connectivity index (χ0v) is 16.2.